The molecule has 1 N–H and O–H groups in total. The van der Waals surface area contributed by atoms with Crippen molar-refractivity contribution in [2.45, 2.75) is 51.2 Å². The van der Waals surface area contributed by atoms with Gasteiger partial charge in [0, 0.05) is 37.9 Å². The molecule has 1 aromatic heterocycles. The lowest BCUT2D eigenvalue weighted by molar-refractivity contribution is -0.135. The first-order chi connectivity index (χ1) is 9.20. The smallest absolute Gasteiger partial charge is 0.224 e. The molecule has 1 unspecified atom stereocenters. The minimum absolute atomic E-state index is 0.144. The molecule has 2 atom stereocenters. The summed E-state index contributed by atoms with van der Waals surface area (Å²) in [4.78, 5) is 18.2. The van der Waals surface area contributed by atoms with Crippen LogP contribution in [0.3, 0.4) is 0 Å². The number of imidazole rings is 1. The Morgan fingerprint density at radius 2 is 2.42 bits per heavy atom. The third-order valence-electron chi connectivity index (χ3n) is 3.73. The van der Waals surface area contributed by atoms with Crippen LogP contribution in [0.5, 0.6) is 0 Å². The van der Waals surface area contributed by atoms with Gasteiger partial charge in [0.2, 0.25) is 5.91 Å². The molecule has 0 aliphatic carbocycles. The van der Waals surface area contributed by atoms with E-state index in [4.69, 9.17) is 0 Å². The van der Waals surface area contributed by atoms with Crippen LogP contribution in [-0.2, 0) is 4.79 Å². The van der Waals surface area contributed by atoms with Crippen LogP contribution in [0.4, 0.5) is 0 Å². The van der Waals surface area contributed by atoms with E-state index >= 15 is 0 Å². The van der Waals surface area contributed by atoms with Crippen LogP contribution in [0.25, 0.3) is 0 Å². The Hall–Kier alpha value is -1.36. The Labute approximate surface area is 114 Å². The summed E-state index contributed by atoms with van der Waals surface area (Å²) in [5.41, 5.74) is 0. The number of rotatable bonds is 5. The van der Waals surface area contributed by atoms with Crippen molar-refractivity contribution >= 4 is 5.91 Å². The number of β-amino-alcohol motifs (C(OH)–C–C–N with tert-alkyl or cyclic N) is 1. The first kappa shape index (κ1) is 14.1. The van der Waals surface area contributed by atoms with E-state index in [1.54, 1.807) is 17.4 Å². The summed E-state index contributed by atoms with van der Waals surface area (Å²) in [6, 6.07) is 0.180. The number of carbonyl (C=O) groups is 1. The molecule has 1 amide bonds. The minimum Gasteiger partial charge on any atom is -0.391 e. The number of hydrogen-bond donors (Lipinski definition) is 1. The van der Waals surface area contributed by atoms with Crippen molar-refractivity contribution in [2.24, 2.45) is 0 Å². The van der Waals surface area contributed by atoms with Crippen LogP contribution in [-0.4, -0.2) is 44.7 Å². The molecule has 2 heterocycles. The number of aliphatic hydroxyl groups is 1. The Morgan fingerprint density at radius 3 is 3.05 bits per heavy atom. The van der Waals surface area contributed by atoms with Gasteiger partial charge in [-0.25, -0.2) is 4.98 Å². The predicted octanol–water partition coefficient (Wildman–Crippen LogP) is 1.60. The van der Waals surface area contributed by atoms with Gasteiger partial charge in [0.25, 0.3) is 0 Å². The average Bonchev–Trinajstić information content (AvgIpc) is 2.92. The lowest BCUT2D eigenvalue weighted by Gasteiger charge is -2.31. The maximum Gasteiger partial charge on any atom is 0.224 e. The minimum atomic E-state index is -0.351. The Kier molecular flexibility index (Phi) is 4.96. The Bertz CT molecular complexity index is 391. The Balaban J connectivity index is 1.95. The van der Waals surface area contributed by atoms with Gasteiger partial charge >= 0.3 is 0 Å². The van der Waals surface area contributed by atoms with E-state index in [2.05, 4.69) is 11.9 Å². The number of hydrogen-bond acceptors (Lipinski definition) is 3. The molecular formula is C14H23N3O2. The number of aromatic nitrogens is 2. The van der Waals surface area contributed by atoms with Gasteiger partial charge in [-0.05, 0) is 19.3 Å². The normalized spacial score (nSPS) is 21.4. The topological polar surface area (TPSA) is 58.4 Å². The molecule has 2 rings (SSSR count). The molecule has 106 valence electrons. The molecular weight excluding hydrogens is 242 g/mol. The molecule has 0 saturated carbocycles. The van der Waals surface area contributed by atoms with Crippen molar-refractivity contribution in [2.75, 3.05) is 13.1 Å². The molecule has 0 bridgehead atoms. The van der Waals surface area contributed by atoms with E-state index in [1.165, 1.54) is 0 Å². The fraction of sp³-hybridized carbons (Fsp3) is 0.714. The molecule has 1 fully saturated rings. The van der Waals surface area contributed by atoms with Crippen LogP contribution in [0.1, 0.15) is 45.1 Å². The highest BCUT2D eigenvalue weighted by atomic mass is 16.3. The van der Waals surface area contributed by atoms with Crippen LogP contribution in [0.15, 0.2) is 18.7 Å². The van der Waals surface area contributed by atoms with E-state index < -0.39 is 0 Å². The number of nitrogens with zero attached hydrogens (tertiary/aromatic N) is 3. The second-order valence-corrected chi connectivity index (χ2v) is 5.29. The predicted molar refractivity (Wildman–Crippen MR) is 72.6 cm³/mol. The fourth-order valence-electron chi connectivity index (χ4n) is 2.69. The number of piperidine rings is 1. The first-order valence-electron chi connectivity index (χ1n) is 7.14. The third kappa shape index (κ3) is 3.80. The number of amides is 1. The summed E-state index contributed by atoms with van der Waals surface area (Å²) in [6.07, 6.45) is 9.30. The highest BCUT2D eigenvalue weighted by molar-refractivity contribution is 5.76. The van der Waals surface area contributed by atoms with Crippen molar-refractivity contribution < 1.29 is 9.90 Å². The van der Waals surface area contributed by atoms with E-state index in [0.29, 0.717) is 13.0 Å². The molecule has 1 aromatic rings. The van der Waals surface area contributed by atoms with Gasteiger partial charge in [0.15, 0.2) is 0 Å². The second-order valence-electron chi connectivity index (χ2n) is 5.29. The number of likely N-dealkylation sites (tertiary alicyclic amines) is 1. The van der Waals surface area contributed by atoms with Gasteiger partial charge in [0.05, 0.1) is 12.4 Å². The Morgan fingerprint density at radius 1 is 1.58 bits per heavy atom. The molecule has 5 nitrogen and oxygen atoms in total. The van der Waals surface area contributed by atoms with E-state index in [9.17, 15) is 9.90 Å². The number of carbonyl (C=O) groups excluding carboxylic acids is 1. The van der Waals surface area contributed by atoms with Gasteiger partial charge in [-0.15, -0.1) is 0 Å². The molecule has 0 radical (unpaired) electrons. The summed E-state index contributed by atoms with van der Waals surface area (Å²) in [7, 11) is 0. The summed E-state index contributed by atoms with van der Waals surface area (Å²) >= 11 is 0. The SMILES string of the molecule is CCCC(CC(=O)N1CCC[C@H](O)C1)n1ccnc1. The van der Waals surface area contributed by atoms with Crippen LogP contribution < -0.4 is 0 Å². The molecule has 1 saturated heterocycles. The molecule has 5 heteroatoms. The zero-order valence-electron chi connectivity index (χ0n) is 11.5. The monoisotopic (exact) mass is 265 g/mol. The molecule has 0 spiro atoms. The maximum absolute atomic E-state index is 12.3. The summed E-state index contributed by atoms with van der Waals surface area (Å²) < 4.78 is 2.02. The van der Waals surface area contributed by atoms with Gasteiger partial charge in [-0.2, -0.15) is 0 Å². The van der Waals surface area contributed by atoms with E-state index in [-0.39, 0.29) is 18.1 Å². The van der Waals surface area contributed by atoms with Gasteiger partial charge in [0.1, 0.15) is 0 Å². The fourth-order valence-corrected chi connectivity index (χ4v) is 2.69. The van der Waals surface area contributed by atoms with Crippen molar-refractivity contribution in [3.63, 3.8) is 0 Å². The van der Waals surface area contributed by atoms with Crippen molar-refractivity contribution in [3.8, 4) is 0 Å². The van der Waals surface area contributed by atoms with Crippen LogP contribution >= 0.6 is 0 Å². The van der Waals surface area contributed by atoms with Crippen molar-refractivity contribution in [1.29, 1.82) is 0 Å². The highest BCUT2D eigenvalue weighted by Gasteiger charge is 2.24. The lowest BCUT2D eigenvalue weighted by atomic mass is 10.0. The van der Waals surface area contributed by atoms with E-state index in [1.807, 2.05) is 10.8 Å². The van der Waals surface area contributed by atoms with Crippen LogP contribution in [0, 0.1) is 0 Å². The maximum atomic E-state index is 12.3. The molecule has 1 aliphatic heterocycles. The lowest BCUT2D eigenvalue weighted by Crippen LogP contribution is -2.42. The van der Waals surface area contributed by atoms with Crippen molar-refractivity contribution in [1.82, 2.24) is 14.5 Å². The highest BCUT2D eigenvalue weighted by Crippen LogP contribution is 2.20. The van der Waals surface area contributed by atoms with Gasteiger partial charge < -0.3 is 14.6 Å². The zero-order valence-corrected chi connectivity index (χ0v) is 11.5. The third-order valence-corrected chi connectivity index (χ3v) is 3.73. The summed E-state index contributed by atoms with van der Waals surface area (Å²) in [5, 5.41) is 9.64. The zero-order chi connectivity index (χ0) is 13.7. The molecule has 1 aliphatic rings. The first-order valence-corrected chi connectivity index (χ1v) is 7.14. The molecule has 19 heavy (non-hydrogen) atoms. The van der Waals surface area contributed by atoms with Gasteiger partial charge in [-0.3, -0.25) is 4.79 Å². The standard InChI is InChI=1S/C14H23N3O2/c1-2-4-12(17-8-6-15-11-17)9-14(19)16-7-3-5-13(18)10-16/h6,8,11-13,18H,2-5,7,9-10H2,1H3/t12?,13-/m0/s1. The molecule has 0 aromatic carbocycles. The quantitative estimate of drug-likeness (QED) is 0.879. The summed E-state index contributed by atoms with van der Waals surface area (Å²) in [5.74, 6) is 0.144. The van der Waals surface area contributed by atoms with Gasteiger partial charge in [-0.1, -0.05) is 13.3 Å². The van der Waals surface area contributed by atoms with E-state index in [0.717, 1.165) is 32.2 Å². The van der Waals surface area contributed by atoms with Crippen LogP contribution in [0.2, 0.25) is 0 Å². The largest absolute Gasteiger partial charge is 0.391 e. The average molecular weight is 265 g/mol. The van der Waals surface area contributed by atoms with Crippen molar-refractivity contribution in [3.05, 3.63) is 18.7 Å². The second kappa shape index (κ2) is 6.70. The summed E-state index contributed by atoms with van der Waals surface area (Å²) in [6.45, 7) is 3.39. The number of aliphatic hydroxyl groups excluding tert-OH is 1.